The second-order valence-corrected chi connectivity index (χ2v) is 19.2. The van der Waals surface area contributed by atoms with Crippen LogP contribution in [-0.4, -0.2) is 68.8 Å². The minimum Gasteiger partial charge on any atom is -0.393 e. The third-order valence-electron chi connectivity index (χ3n) is 17.0. The summed E-state index contributed by atoms with van der Waals surface area (Å²) in [6.45, 7) is 15.5. The molecule has 3 unspecified atom stereocenters. The molecule has 6 nitrogen and oxygen atoms in total. The van der Waals surface area contributed by atoms with Crippen molar-refractivity contribution in [3.05, 3.63) is 0 Å². The van der Waals surface area contributed by atoms with Crippen molar-refractivity contribution in [2.24, 2.45) is 63.1 Å². The van der Waals surface area contributed by atoms with Crippen LogP contribution in [0.2, 0.25) is 0 Å². The molecule has 46 heavy (non-hydrogen) atoms. The zero-order valence-corrected chi connectivity index (χ0v) is 30.2. The second kappa shape index (κ2) is 12.8. The van der Waals surface area contributed by atoms with Crippen molar-refractivity contribution < 1.29 is 30.3 Å². The number of rotatable bonds is 10. The lowest BCUT2D eigenvalue weighted by molar-refractivity contribution is -0.227. The molecule has 0 aromatic rings. The molecule has 0 amide bonds. The molecule has 0 heterocycles. The Morgan fingerprint density at radius 2 is 1.52 bits per heavy atom. The Bertz CT molecular complexity index is 1060. The summed E-state index contributed by atoms with van der Waals surface area (Å²) in [5.74, 6) is 5.99. The third kappa shape index (κ3) is 5.58. The minimum atomic E-state index is -1.85. The first-order chi connectivity index (χ1) is 21.6. The Kier molecular flexibility index (Phi) is 9.92. The van der Waals surface area contributed by atoms with Gasteiger partial charge < -0.3 is 30.3 Å². The first kappa shape index (κ1) is 35.6. The number of aliphatic hydroxyl groups is 5. The van der Waals surface area contributed by atoms with Gasteiger partial charge in [-0.1, -0.05) is 60.8 Å². The Balaban J connectivity index is 1.00. The van der Waals surface area contributed by atoms with Gasteiger partial charge in [-0.3, -0.25) is 0 Å². The van der Waals surface area contributed by atoms with Crippen LogP contribution in [0.3, 0.4) is 0 Å². The third-order valence-corrected chi connectivity index (χ3v) is 17.0. The van der Waals surface area contributed by atoms with Gasteiger partial charge in [-0.15, -0.1) is 0 Å². The second-order valence-electron chi connectivity index (χ2n) is 19.2. The highest BCUT2D eigenvalue weighted by molar-refractivity contribution is 5.17. The lowest BCUT2D eigenvalue weighted by atomic mass is 9.33. The summed E-state index contributed by atoms with van der Waals surface area (Å²) in [6, 6.07) is 0. The lowest BCUT2D eigenvalue weighted by Crippen LogP contribution is -2.64. The first-order valence-electron chi connectivity index (χ1n) is 19.6. The summed E-state index contributed by atoms with van der Waals surface area (Å²) in [6.07, 6.45) is 15.4. The van der Waals surface area contributed by atoms with Crippen LogP contribution >= 0.6 is 0 Å². The molecule has 0 saturated heterocycles. The van der Waals surface area contributed by atoms with Gasteiger partial charge in [-0.05, 0) is 140 Å². The molecule has 0 bridgehead atoms. The number of aliphatic hydroxyl groups excluding tert-OH is 4. The van der Waals surface area contributed by atoms with Crippen molar-refractivity contribution in [1.82, 2.24) is 0 Å². The topological polar surface area (TPSA) is 110 Å². The van der Waals surface area contributed by atoms with Crippen LogP contribution in [-0.2, 0) is 4.74 Å². The molecular formula is C40H70O6. The van der Waals surface area contributed by atoms with Gasteiger partial charge in [0.25, 0.3) is 0 Å². The predicted octanol–water partition coefficient (Wildman–Crippen LogP) is 6.88. The van der Waals surface area contributed by atoms with E-state index in [9.17, 15) is 25.5 Å². The smallest absolute Gasteiger partial charge is 0.142 e. The van der Waals surface area contributed by atoms with Crippen molar-refractivity contribution in [3.8, 4) is 0 Å². The van der Waals surface area contributed by atoms with Crippen LogP contribution in [0.1, 0.15) is 144 Å². The maximum Gasteiger partial charge on any atom is 0.142 e. The molecule has 6 heteroatoms. The quantitative estimate of drug-likeness (QED) is 0.177. The van der Waals surface area contributed by atoms with Gasteiger partial charge in [0.05, 0.1) is 24.9 Å². The van der Waals surface area contributed by atoms with Gasteiger partial charge >= 0.3 is 0 Å². The molecule has 6 saturated carbocycles. The number of hydrogen-bond donors (Lipinski definition) is 5. The number of ether oxygens (including phenoxy) is 1. The molecule has 15 atom stereocenters. The highest BCUT2D eigenvalue weighted by Crippen LogP contribution is 2.76. The monoisotopic (exact) mass is 647 g/mol. The molecular weight excluding hydrogens is 576 g/mol. The van der Waals surface area contributed by atoms with Crippen molar-refractivity contribution in [2.45, 2.75) is 174 Å². The minimum absolute atomic E-state index is 0.0768. The summed E-state index contributed by atoms with van der Waals surface area (Å²) in [7, 11) is 0. The average molecular weight is 647 g/mol. The van der Waals surface area contributed by atoms with E-state index in [0.717, 1.165) is 54.8 Å². The normalized spacial score (nSPS) is 51.1. The van der Waals surface area contributed by atoms with Crippen LogP contribution in [0.4, 0.5) is 0 Å². The summed E-state index contributed by atoms with van der Waals surface area (Å²) < 4.78 is 5.73. The standard InChI is InChI=1S/C40H70O6/c1-25(9-7-10-26(42)17-22-46-34-23-31(43)35(44)40(34,45)24-41)27-11-12-29-28(27)15-20-38(5)30(29)13-14-33-37(4)19-8-18-36(2,3)32(37)16-21-39(33,38)6/h25-35,41-45H,7-24H2,1-6H3/t25-,26-,27-,28+,29?,30-,31-,32?,33?,34+,35+,37+,38-,39-,40+/m1/s1. The fourth-order valence-corrected chi connectivity index (χ4v) is 14.3. The van der Waals surface area contributed by atoms with Crippen LogP contribution in [0, 0.1) is 63.1 Å². The Hall–Kier alpha value is -0.240. The molecule has 0 aliphatic heterocycles. The lowest BCUT2D eigenvalue weighted by Gasteiger charge is -2.71. The fraction of sp³-hybridized carbons (Fsp3) is 1.00. The van der Waals surface area contributed by atoms with E-state index >= 15 is 0 Å². The zero-order chi connectivity index (χ0) is 33.3. The highest BCUT2D eigenvalue weighted by Gasteiger charge is 2.68. The fourth-order valence-electron chi connectivity index (χ4n) is 14.3. The summed E-state index contributed by atoms with van der Waals surface area (Å²) in [5.41, 5.74) is 0.139. The van der Waals surface area contributed by atoms with Gasteiger partial charge in [0.2, 0.25) is 0 Å². The van der Waals surface area contributed by atoms with Crippen LogP contribution in [0.5, 0.6) is 0 Å². The highest BCUT2D eigenvalue weighted by atomic mass is 16.5. The molecule has 6 aliphatic rings. The molecule has 0 aromatic heterocycles. The predicted molar refractivity (Wildman–Crippen MR) is 182 cm³/mol. The number of hydrogen-bond acceptors (Lipinski definition) is 6. The Morgan fingerprint density at radius 1 is 0.783 bits per heavy atom. The molecule has 0 spiro atoms. The van der Waals surface area contributed by atoms with Gasteiger partial charge in [-0.2, -0.15) is 0 Å². The molecule has 5 N–H and O–H groups in total. The Labute approximate surface area is 280 Å². The van der Waals surface area contributed by atoms with Crippen LogP contribution in [0.25, 0.3) is 0 Å². The van der Waals surface area contributed by atoms with E-state index in [-0.39, 0.29) is 13.0 Å². The van der Waals surface area contributed by atoms with Gasteiger partial charge in [0.15, 0.2) is 0 Å². The SMILES string of the molecule is C[C@H](CCC[C@@H](O)CCO[C@H]1C[C@@H](O)[C@H](O)[C@]1(O)CO)[C@H]1CCC2[C@H]1CC[C@]1(C)[C@@H]2CCC2[C@@]3(C)CCCC(C)(C)C3CC[C@]21C. The largest absolute Gasteiger partial charge is 0.393 e. The van der Waals surface area contributed by atoms with E-state index in [1.54, 1.807) is 0 Å². The van der Waals surface area contributed by atoms with Crippen molar-refractivity contribution in [1.29, 1.82) is 0 Å². The van der Waals surface area contributed by atoms with E-state index in [2.05, 4.69) is 41.5 Å². The van der Waals surface area contributed by atoms with Gasteiger partial charge in [-0.25, -0.2) is 0 Å². The van der Waals surface area contributed by atoms with Crippen molar-refractivity contribution in [2.75, 3.05) is 13.2 Å². The molecule has 266 valence electrons. The average Bonchev–Trinajstić information content (AvgIpc) is 3.52. The Morgan fingerprint density at radius 3 is 2.26 bits per heavy atom. The molecule has 6 fully saturated rings. The maximum atomic E-state index is 10.7. The van der Waals surface area contributed by atoms with E-state index in [0.29, 0.717) is 34.0 Å². The number of fused-ring (bicyclic) bond motifs is 7. The molecule has 6 aliphatic carbocycles. The van der Waals surface area contributed by atoms with E-state index < -0.39 is 36.6 Å². The summed E-state index contributed by atoms with van der Waals surface area (Å²) in [4.78, 5) is 0. The van der Waals surface area contributed by atoms with Gasteiger partial charge in [0.1, 0.15) is 11.7 Å². The van der Waals surface area contributed by atoms with Crippen LogP contribution < -0.4 is 0 Å². The van der Waals surface area contributed by atoms with E-state index in [4.69, 9.17) is 4.74 Å². The van der Waals surface area contributed by atoms with Crippen LogP contribution in [0.15, 0.2) is 0 Å². The molecule has 0 aromatic carbocycles. The first-order valence-corrected chi connectivity index (χ1v) is 19.6. The molecule has 0 radical (unpaired) electrons. The van der Waals surface area contributed by atoms with E-state index in [1.807, 2.05) is 0 Å². The maximum absolute atomic E-state index is 10.7. The molecule has 6 rings (SSSR count). The summed E-state index contributed by atoms with van der Waals surface area (Å²) in [5, 5.41) is 50.7. The zero-order valence-electron chi connectivity index (χ0n) is 30.2. The van der Waals surface area contributed by atoms with Crippen molar-refractivity contribution >= 4 is 0 Å². The summed E-state index contributed by atoms with van der Waals surface area (Å²) >= 11 is 0. The van der Waals surface area contributed by atoms with Gasteiger partial charge in [0, 0.05) is 13.0 Å². The van der Waals surface area contributed by atoms with Crippen molar-refractivity contribution in [3.63, 3.8) is 0 Å². The van der Waals surface area contributed by atoms with E-state index in [1.165, 1.54) is 70.6 Å².